The number of rotatable bonds is 5. The summed E-state index contributed by atoms with van der Waals surface area (Å²) in [5, 5.41) is 7.44. The number of carbonyl (C=O) groups is 1. The Morgan fingerprint density at radius 2 is 1.71 bits per heavy atom. The van der Waals surface area contributed by atoms with E-state index in [1.807, 2.05) is 0 Å². The molecular formula is C27H21ClF7N3O3S. The fourth-order valence-electron chi connectivity index (χ4n) is 6.07. The number of hydrogen-bond acceptors (Lipinski definition) is 5. The molecule has 1 amide bonds. The highest BCUT2D eigenvalue weighted by Gasteiger charge is 2.73. The number of sulfone groups is 1. The van der Waals surface area contributed by atoms with Gasteiger partial charge in [0, 0.05) is 23.3 Å². The molecule has 1 aliphatic heterocycles. The van der Waals surface area contributed by atoms with Crippen molar-refractivity contribution in [2.45, 2.75) is 59.4 Å². The molecule has 3 aromatic rings. The number of hydrogen-bond donors (Lipinski definition) is 0. The number of amides is 1. The fourth-order valence-corrected chi connectivity index (χ4v) is 8.74. The van der Waals surface area contributed by atoms with E-state index in [-0.39, 0.29) is 53.3 Å². The molecule has 42 heavy (non-hydrogen) atoms. The molecule has 5 rings (SSSR count). The van der Waals surface area contributed by atoms with Crippen molar-refractivity contribution in [2.75, 3.05) is 6.54 Å². The molecular weight excluding hydrogens is 615 g/mol. The Hall–Kier alpha value is -3.26. The summed E-state index contributed by atoms with van der Waals surface area (Å²) in [5.41, 5.74) is -7.15. The third-order valence-electron chi connectivity index (χ3n) is 7.97. The predicted octanol–water partition coefficient (Wildman–Crippen LogP) is 5.88. The number of carbonyl (C=O) groups excluding carboxylic acids is 1. The zero-order valence-electron chi connectivity index (χ0n) is 21.4. The van der Waals surface area contributed by atoms with Gasteiger partial charge in [0.25, 0.3) is 0 Å². The van der Waals surface area contributed by atoms with E-state index in [2.05, 4.69) is 10.2 Å². The topological polar surface area (TPSA) is 80.2 Å². The molecule has 1 saturated heterocycles. The van der Waals surface area contributed by atoms with Gasteiger partial charge in [0.05, 0.1) is 23.6 Å². The van der Waals surface area contributed by atoms with Crippen molar-refractivity contribution in [1.82, 2.24) is 15.1 Å². The lowest BCUT2D eigenvalue weighted by Crippen LogP contribution is -2.53. The Labute approximate surface area is 240 Å². The minimum atomic E-state index is -6.33. The standard InChI is InChI=1S/C27H21ClF7N3O3S/c28-19-2-1-3-20(14-19)42(40,41)24-9-11-38(23(39)12-16-8-10-36-37-15-16)22(24)7-4-17-13-18(5-6-21(17)24)25(29,26(30,31)32)27(33,34)35/h1-3,5-6,8,10,13-15,22H,4,7,9,11-12H2. The smallest absolute Gasteiger partial charge is 0.337 e. The summed E-state index contributed by atoms with van der Waals surface area (Å²) in [6.07, 6.45) is -10.6. The van der Waals surface area contributed by atoms with Crippen LogP contribution in [0.15, 0.2) is 65.8 Å². The van der Waals surface area contributed by atoms with Gasteiger partial charge in [-0.15, -0.1) is 0 Å². The van der Waals surface area contributed by atoms with Crippen LogP contribution in [-0.4, -0.2) is 54.4 Å². The first kappa shape index (κ1) is 30.2. The van der Waals surface area contributed by atoms with Crippen LogP contribution in [0.2, 0.25) is 5.02 Å². The van der Waals surface area contributed by atoms with Gasteiger partial charge in [0.2, 0.25) is 5.91 Å². The van der Waals surface area contributed by atoms with Gasteiger partial charge in [-0.1, -0.05) is 35.9 Å². The van der Waals surface area contributed by atoms with E-state index in [4.69, 9.17) is 11.6 Å². The largest absolute Gasteiger partial charge is 0.435 e. The van der Waals surface area contributed by atoms with Crippen molar-refractivity contribution in [3.8, 4) is 0 Å². The molecule has 0 saturated carbocycles. The van der Waals surface area contributed by atoms with Gasteiger partial charge < -0.3 is 4.90 Å². The van der Waals surface area contributed by atoms with E-state index < -0.39 is 50.1 Å². The number of aromatic nitrogens is 2. The molecule has 1 aromatic heterocycles. The second-order valence-electron chi connectivity index (χ2n) is 10.2. The molecule has 0 N–H and O–H groups in total. The number of halogens is 8. The summed E-state index contributed by atoms with van der Waals surface area (Å²) < 4.78 is 123. The third-order valence-corrected chi connectivity index (χ3v) is 10.7. The molecule has 2 heterocycles. The SMILES string of the molecule is O=C(Cc1ccnnc1)N1CCC2(S(=O)(=O)c3cccc(Cl)c3)c3ccc(C(F)(C(F)(F)F)C(F)(F)F)cc3CCC12. The first-order valence-electron chi connectivity index (χ1n) is 12.6. The average Bonchev–Trinajstić information content (AvgIpc) is 3.33. The molecule has 6 nitrogen and oxygen atoms in total. The molecule has 1 aliphatic carbocycles. The first-order valence-corrected chi connectivity index (χ1v) is 14.4. The Kier molecular flexibility index (Phi) is 7.32. The Bertz CT molecular complexity index is 1620. The van der Waals surface area contributed by atoms with Crippen LogP contribution in [0.1, 0.15) is 35.1 Å². The fraction of sp³-hybridized carbons (Fsp3) is 0.370. The number of nitrogens with zero attached hydrogens (tertiary/aromatic N) is 3. The van der Waals surface area contributed by atoms with Crippen LogP contribution in [0.3, 0.4) is 0 Å². The maximum absolute atomic E-state index is 14.9. The predicted molar refractivity (Wildman–Crippen MR) is 136 cm³/mol. The van der Waals surface area contributed by atoms with E-state index in [1.54, 1.807) is 6.07 Å². The van der Waals surface area contributed by atoms with Gasteiger partial charge in [-0.3, -0.25) is 4.79 Å². The second kappa shape index (κ2) is 10.2. The summed E-state index contributed by atoms with van der Waals surface area (Å²) in [6.45, 7) is -0.0683. The lowest BCUT2D eigenvalue weighted by atomic mass is 9.76. The highest BCUT2D eigenvalue weighted by molar-refractivity contribution is 7.92. The van der Waals surface area contributed by atoms with Crippen molar-refractivity contribution in [2.24, 2.45) is 0 Å². The van der Waals surface area contributed by atoms with E-state index in [9.17, 15) is 43.9 Å². The summed E-state index contributed by atoms with van der Waals surface area (Å²) in [7, 11) is -4.48. The quantitative estimate of drug-likeness (QED) is 0.327. The van der Waals surface area contributed by atoms with E-state index in [0.717, 1.165) is 6.07 Å². The Morgan fingerprint density at radius 1 is 1.00 bits per heavy atom. The Balaban J connectivity index is 1.67. The van der Waals surface area contributed by atoms with Crippen molar-refractivity contribution in [3.05, 3.63) is 88.2 Å². The van der Waals surface area contributed by atoms with E-state index in [0.29, 0.717) is 17.7 Å². The summed E-state index contributed by atoms with van der Waals surface area (Å²) >= 11 is 6.06. The van der Waals surface area contributed by atoms with Crippen molar-refractivity contribution >= 4 is 27.3 Å². The van der Waals surface area contributed by atoms with Crippen LogP contribution in [0.4, 0.5) is 30.7 Å². The number of aryl methyl sites for hydroxylation is 1. The highest BCUT2D eigenvalue weighted by atomic mass is 35.5. The van der Waals surface area contributed by atoms with Gasteiger partial charge in [-0.2, -0.15) is 36.5 Å². The van der Waals surface area contributed by atoms with Crippen molar-refractivity contribution in [1.29, 1.82) is 0 Å². The number of likely N-dealkylation sites (tertiary alicyclic amines) is 1. The first-order chi connectivity index (χ1) is 19.5. The molecule has 15 heteroatoms. The average molecular weight is 636 g/mol. The van der Waals surface area contributed by atoms with Crippen LogP contribution in [0, 0.1) is 0 Å². The normalized spacial score (nSPS) is 21.1. The molecule has 224 valence electrons. The molecule has 1 fully saturated rings. The van der Waals surface area contributed by atoms with Crippen molar-refractivity contribution < 1.29 is 43.9 Å². The maximum atomic E-state index is 14.9. The van der Waals surface area contributed by atoms with E-state index in [1.165, 1.54) is 41.6 Å². The number of benzene rings is 2. The molecule has 2 unspecified atom stereocenters. The molecule has 0 spiro atoms. The van der Waals surface area contributed by atoms with Crippen molar-refractivity contribution in [3.63, 3.8) is 0 Å². The number of fused-ring (bicyclic) bond motifs is 3. The molecule has 0 bridgehead atoms. The van der Waals surface area contributed by atoms with Crippen LogP contribution in [0.25, 0.3) is 0 Å². The molecule has 2 atom stereocenters. The molecule has 0 radical (unpaired) electrons. The van der Waals surface area contributed by atoms with Crippen LogP contribution < -0.4 is 0 Å². The minimum absolute atomic E-state index is 0.0683. The lowest BCUT2D eigenvalue weighted by Gasteiger charge is -2.43. The molecule has 2 aliphatic rings. The minimum Gasteiger partial charge on any atom is -0.337 e. The van der Waals surface area contributed by atoms with Gasteiger partial charge >= 0.3 is 18.0 Å². The second-order valence-corrected chi connectivity index (χ2v) is 12.8. The zero-order chi connectivity index (χ0) is 30.7. The van der Waals surface area contributed by atoms with Crippen LogP contribution in [-0.2, 0) is 37.9 Å². The van der Waals surface area contributed by atoms with Crippen LogP contribution in [0.5, 0.6) is 0 Å². The van der Waals surface area contributed by atoms with Gasteiger partial charge in [0.1, 0.15) is 4.75 Å². The summed E-state index contributed by atoms with van der Waals surface area (Å²) in [5.74, 6) is -0.451. The zero-order valence-corrected chi connectivity index (χ0v) is 23.0. The summed E-state index contributed by atoms with van der Waals surface area (Å²) in [6, 6.07) is 7.36. The third kappa shape index (κ3) is 4.53. The maximum Gasteiger partial charge on any atom is 0.435 e. The van der Waals surface area contributed by atoms with Gasteiger partial charge in [0.15, 0.2) is 9.84 Å². The Morgan fingerprint density at radius 3 is 2.33 bits per heavy atom. The monoisotopic (exact) mass is 635 g/mol. The van der Waals surface area contributed by atoms with Crippen LogP contribution >= 0.6 is 11.6 Å². The summed E-state index contributed by atoms with van der Waals surface area (Å²) in [4.78, 5) is 14.5. The van der Waals surface area contributed by atoms with Gasteiger partial charge in [-0.25, -0.2) is 12.8 Å². The highest BCUT2D eigenvalue weighted by Crippen LogP contribution is 2.56. The lowest BCUT2D eigenvalue weighted by molar-refractivity contribution is -0.348. The molecule has 2 aromatic carbocycles. The number of alkyl halides is 7. The van der Waals surface area contributed by atoms with Gasteiger partial charge in [-0.05, 0) is 60.2 Å². The van der Waals surface area contributed by atoms with E-state index >= 15 is 0 Å².